The van der Waals surface area contributed by atoms with Crippen LogP contribution in [0.25, 0.3) is 33.7 Å². The van der Waals surface area contributed by atoms with E-state index in [-0.39, 0.29) is 0 Å². The summed E-state index contributed by atoms with van der Waals surface area (Å²) in [5.74, 6) is 2.11. The second kappa shape index (κ2) is 13.8. The maximum Gasteiger partial charge on any atom is 0.0540 e. The summed E-state index contributed by atoms with van der Waals surface area (Å²) in [5.41, 5.74) is 9.65. The molecule has 0 aromatic heterocycles. The molecule has 0 atom stereocenters. The molecule has 258 valence electrons. The van der Waals surface area contributed by atoms with Crippen molar-refractivity contribution in [3.63, 3.8) is 0 Å². The zero-order valence-corrected chi connectivity index (χ0v) is 31.0. The molecule has 8 aromatic carbocycles. The van der Waals surface area contributed by atoms with Crippen LogP contribution in [0.2, 0.25) is 0 Å². The van der Waals surface area contributed by atoms with Gasteiger partial charge >= 0.3 is 0 Å². The summed E-state index contributed by atoms with van der Waals surface area (Å²) in [4.78, 5) is 7.79. The van der Waals surface area contributed by atoms with E-state index in [0.29, 0.717) is 0 Å². The molecule has 0 unspecified atom stereocenters. The average molecular weight is 703 g/mol. The minimum atomic E-state index is -1.47. The summed E-state index contributed by atoms with van der Waals surface area (Å²) in [6.45, 7) is 4.80. The predicted molar refractivity (Wildman–Crippen MR) is 231 cm³/mol. The van der Waals surface area contributed by atoms with Gasteiger partial charge in [0.05, 0.1) is 11.4 Å². The molecule has 53 heavy (non-hydrogen) atoms. The third-order valence-electron chi connectivity index (χ3n) is 10.8. The Bertz CT molecular complexity index is 2420. The Balaban J connectivity index is 1.25. The molecule has 0 N–H and O–H groups in total. The van der Waals surface area contributed by atoms with Gasteiger partial charge in [-0.2, -0.15) is 10.0 Å². The minimum Gasteiger partial charge on any atom is -0.310 e. The highest BCUT2D eigenvalue weighted by Crippen LogP contribution is 2.66. The zero-order valence-electron chi connectivity index (χ0n) is 30.2. The Kier molecular flexibility index (Phi) is 8.58. The lowest BCUT2D eigenvalue weighted by Gasteiger charge is -2.42. The topological polar surface area (TPSA) is 6.48 Å². The van der Waals surface area contributed by atoms with Crippen LogP contribution in [-0.4, -0.2) is 11.5 Å². The minimum absolute atomic E-state index is 1.05. The van der Waals surface area contributed by atoms with Crippen LogP contribution in [-0.2, 0) is 0 Å². The number of fused-ring (bicyclic) bond motifs is 4. The molecular weight excluding hydrogens is 661 g/mol. The summed E-state index contributed by atoms with van der Waals surface area (Å²) in [5, 5.41) is 4.95. The molecule has 1 heterocycles. The molecule has 0 amide bonds. The first-order valence-corrected chi connectivity index (χ1v) is 20.6. The summed E-state index contributed by atoms with van der Waals surface area (Å²) in [7, 11) is -1.47. The molecule has 0 fully saturated rings. The van der Waals surface area contributed by atoms with Gasteiger partial charge < -0.3 is 9.80 Å². The Morgan fingerprint density at radius 2 is 0.774 bits per heavy atom. The molecule has 1 aliphatic rings. The fourth-order valence-electron chi connectivity index (χ4n) is 8.22. The zero-order chi connectivity index (χ0) is 35.8. The van der Waals surface area contributed by atoms with Gasteiger partial charge in [0.2, 0.25) is 0 Å². The van der Waals surface area contributed by atoms with Crippen molar-refractivity contribution in [1.29, 1.82) is 0 Å². The SMILES string of the molecule is CCS1(CC)c2cc(N(c3ccccc3)c3cccc4ccccc34)ccc2C=Cc2ccc(N(c3ccccc3)c3cccc4ccccc34)cc21. The highest BCUT2D eigenvalue weighted by Gasteiger charge is 2.32. The maximum atomic E-state index is 2.51. The van der Waals surface area contributed by atoms with Crippen molar-refractivity contribution in [2.75, 3.05) is 21.3 Å². The molecule has 3 heteroatoms. The summed E-state index contributed by atoms with van der Waals surface area (Å²) < 4.78 is 0. The van der Waals surface area contributed by atoms with Gasteiger partial charge in [0.1, 0.15) is 0 Å². The van der Waals surface area contributed by atoms with E-state index >= 15 is 0 Å². The molecule has 2 nitrogen and oxygen atoms in total. The van der Waals surface area contributed by atoms with E-state index in [1.165, 1.54) is 65.2 Å². The van der Waals surface area contributed by atoms with E-state index in [1.807, 2.05) is 0 Å². The first-order chi connectivity index (χ1) is 26.2. The lowest BCUT2D eigenvalue weighted by Crippen LogP contribution is -2.15. The molecule has 0 aliphatic carbocycles. The van der Waals surface area contributed by atoms with Gasteiger partial charge in [-0.25, -0.2) is 0 Å². The monoisotopic (exact) mass is 702 g/mol. The number of para-hydroxylation sites is 2. The highest BCUT2D eigenvalue weighted by atomic mass is 32.3. The van der Waals surface area contributed by atoms with Crippen molar-refractivity contribution in [3.05, 3.63) is 193 Å². The van der Waals surface area contributed by atoms with Gasteiger partial charge in [-0.05, 0) is 94.1 Å². The summed E-state index contributed by atoms with van der Waals surface area (Å²) >= 11 is 0. The van der Waals surface area contributed by atoms with E-state index in [2.05, 4.69) is 218 Å². The fourth-order valence-corrected chi connectivity index (χ4v) is 12.0. The lowest BCUT2D eigenvalue weighted by atomic mass is 10.1. The average Bonchev–Trinajstić information content (AvgIpc) is 3.36. The van der Waals surface area contributed by atoms with E-state index in [0.717, 1.165) is 22.9 Å². The molecule has 0 spiro atoms. The third-order valence-corrected chi connectivity index (χ3v) is 15.2. The number of hydrogen-bond donors (Lipinski definition) is 0. The van der Waals surface area contributed by atoms with Crippen LogP contribution in [0.15, 0.2) is 192 Å². The summed E-state index contributed by atoms with van der Waals surface area (Å²) in [6, 6.07) is 66.7. The van der Waals surface area contributed by atoms with Crippen molar-refractivity contribution >= 4 is 77.8 Å². The van der Waals surface area contributed by atoms with Crippen LogP contribution in [0.3, 0.4) is 0 Å². The van der Waals surface area contributed by atoms with Gasteiger partial charge in [-0.15, -0.1) is 0 Å². The second-order valence-electron chi connectivity index (χ2n) is 13.6. The number of anilines is 6. The molecule has 9 rings (SSSR count). The quantitative estimate of drug-likeness (QED) is 0.156. The van der Waals surface area contributed by atoms with Crippen molar-refractivity contribution < 1.29 is 0 Å². The molecule has 0 bridgehead atoms. The van der Waals surface area contributed by atoms with Crippen LogP contribution in [0, 0.1) is 0 Å². The lowest BCUT2D eigenvalue weighted by molar-refractivity contribution is 1.21. The Labute approximate surface area is 314 Å². The van der Waals surface area contributed by atoms with Crippen LogP contribution in [0.4, 0.5) is 34.1 Å². The van der Waals surface area contributed by atoms with Crippen molar-refractivity contribution in [1.82, 2.24) is 0 Å². The first kappa shape index (κ1) is 32.8. The molecule has 0 saturated heterocycles. The second-order valence-corrected chi connectivity index (χ2v) is 17.4. The molecule has 1 aliphatic heterocycles. The number of benzene rings is 8. The van der Waals surface area contributed by atoms with Gasteiger partial charge in [0, 0.05) is 43.3 Å². The Morgan fingerprint density at radius 3 is 1.21 bits per heavy atom. The van der Waals surface area contributed by atoms with Gasteiger partial charge in [-0.3, -0.25) is 0 Å². The number of rotatable bonds is 8. The van der Waals surface area contributed by atoms with Crippen LogP contribution in [0.5, 0.6) is 0 Å². The molecule has 0 radical (unpaired) electrons. The van der Waals surface area contributed by atoms with E-state index in [1.54, 1.807) is 0 Å². The maximum absolute atomic E-state index is 2.51. The fraction of sp³-hybridized carbons (Fsp3) is 0.0800. The van der Waals surface area contributed by atoms with Gasteiger partial charge in [-0.1, -0.05) is 147 Å². The smallest absolute Gasteiger partial charge is 0.0540 e. The van der Waals surface area contributed by atoms with Crippen LogP contribution < -0.4 is 9.80 Å². The third kappa shape index (κ3) is 5.69. The molecule has 0 saturated carbocycles. The van der Waals surface area contributed by atoms with Crippen molar-refractivity contribution in [2.24, 2.45) is 0 Å². The largest absolute Gasteiger partial charge is 0.310 e. The normalized spacial score (nSPS) is 13.5. The number of hydrogen-bond acceptors (Lipinski definition) is 2. The number of nitrogens with zero attached hydrogens (tertiary/aromatic N) is 2. The van der Waals surface area contributed by atoms with Crippen molar-refractivity contribution in [3.8, 4) is 0 Å². The van der Waals surface area contributed by atoms with Crippen molar-refractivity contribution in [2.45, 2.75) is 23.6 Å². The highest BCUT2D eigenvalue weighted by molar-refractivity contribution is 8.33. The Morgan fingerprint density at radius 1 is 0.377 bits per heavy atom. The Hall–Kier alpha value is -6.03. The van der Waals surface area contributed by atoms with Crippen LogP contribution >= 0.6 is 10.0 Å². The standard InChI is InChI=1S/C50H42N2S/c1-3-53(4-2)49-35-43(51(41-21-7-5-8-22-41)47-27-15-19-37-17-11-13-25-45(37)47)33-31-39(49)29-30-40-32-34-44(36-50(40)53)52(42-23-9-6-10-24-42)48-28-16-20-38-18-12-14-26-46(38)48/h5-36H,3-4H2,1-2H3. The predicted octanol–water partition coefficient (Wildman–Crippen LogP) is 14.7. The van der Waals surface area contributed by atoms with Crippen LogP contribution in [0.1, 0.15) is 25.0 Å². The first-order valence-electron chi connectivity index (χ1n) is 18.6. The van der Waals surface area contributed by atoms with E-state index in [4.69, 9.17) is 0 Å². The van der Waals surface area contributed by atoms with E-state index < -0.39 is 10.0 Å². The van der Waals surface area contributed by atoms with Gasteiger partial charge in [0.25, 0.3) is 0 Å². The molecule has 8 aromatic rings. The molecular formula is C50H42N2S. The van der Waals surface area contributed by atoms with E-state index in [9.17, 15) is 0 Å². The van der Waals surface area contributed by atoms with Gasteiger partial charge in [0.15, 0.2) is 0 Å². The summed E-state index contributed by atoms with van der Waals surface area (Å²) in [6.07, 6.45) is 4.70.